The van der Waals surface area contributed by atoms with E-state index in [1.54, 1.807) is 13.8 Å². The summed E-state index contributed by atoms with van der Waals surface area (Å²) in [5, 5.41) is 0. The lowest BCUT2D eigenvalue weighted by atomic mass is 9.88. The third-order valence-corrected chi connectivity index (χ3v) is 4.83. The Morgan fingerprint density at radius 2 is 1.80 bits per heavy atom. The minimum Gasteiger partial charge on any atom is -0.454 e. The number of nitrogens with zero attached hydrogens (tertiary/aromatic N) is 2. The topological polar surface area (TPSA) is 85.1 Å². The van der Waals surface area contributed by atoms with Gasteiger partial charge in [0.2, 0.25) is 18.6 Å². The van der Waals surface area contributed by atoms with Crippen LogP contribution in [0.25, 0.3) is 0 Å². The molecule has 0 atom stereocenters. The Morgan fingerprint density at radius 3 is 2.48 bits per heavy atom. The zero-order valence-electron chi connectivity index (χ0n) is 14.8. The van der Waals surface area contributed by atoms with E-state index in [0.29, 0.717) is 13.1 Å². The highest BCUT2D eigenvalue weighted by Crippen LogP contribution is 2.32. The van der Waals surface area contributed by atoms with E-state index in [0.717, 1.165) is 31.1 Å². The first-order valence-electron chi connectivity index (χ1n) is 8.54. The Kier molecular flexibility index (Phi) is 4.85. The number of rotatable bonds is 5. The van der Waals surface area contributed by atoms with Gasteiger partial charge in [0.25, 0.3) is 0 Å². The van der Waals surface area contributed by atoms with E-state index in [2.05, 4.69) is 4.90 Å². The lowest BCUT2D eigenvalue weighted by molar-refractivity contribution is -0.139. The Labute approximate surface area is 147 Å². The molecule has 7 heteroatoms. The smallest absolute Gasteiger partial charge is 0.231 e. The molecule has 0 aromatic heterocycles. The molecule has 2 amide bonds. The first kappa shape index (κ1) is 17.5. The van der Waals surface area contributed by atoms with Crippen molar-refractivity contribution in [2.75, 3.05) is 33.0 Å². The maximum atomic E-state index is 12.4. The van der Waals surface area contributed by atoms with Crippen molar-refractivity contribution in [1.82, 2.24) is 9.80 Å². The number of carbonyl (C=O) groups excluding carboxylic acids is 2. The molecule has 0 aliphatic carbocycles. The molecule has 7 nitrogen and oxygen atoms in total. The fraction of sp³-hybridized carbons (Fsp3) is 0.556. The van der Waals surface area contributed by atoms with Crippen molar-refractivity contribution in [1.29, 1.82) is 0 Å². The Balaban J connectivity index is 1.50. The highest BCUT2D eigenvalue weighted by molar-refractivity contribution is 5.87. The number of nitrogens with two attached hydrogens (primary N) is 1. The summed E-state index contributed by atoms with van der Waals surface area (Å²) in [5.74, 6) is 1.13. The Hall–Kier alpha value is -2.28. The number of ether oxygens (including phenoxy) is 2. The second-order valence-corrected chi connectivity index (χ2v) is 7.27. The molecular formula is C18H25N3O4. The van der Waals surface area contributed by atoms with Gasteiger partial charge < -0.3 is 20.1 Å². The summed E-state index contributed by atoms with van der Waals surface area (Å²) < 4.78 is 10.7. The molecule has 2 aliphatic rings. The number of fused-ring (bicyclic) bond motifs is 1. The maximum Gasteiger partial charge on any atom is 0.231 e. The summed E-state index contributed by atoms with van der Waals surface area (Å²) in [6, 6.07) is 5.99. The standard InChI is InChI=1S/C18H25N3O4/c1-18(2,17(19)23)10-16(22)21-7-5-20(6-8-21)11-13-3-4-14-15(9-13)25-12-24-14/h3-4,9H,5-8,10-12H2,1-2H3,(H2,19,23). The predicted molar refractivity (Wildman–Crippen MR) is 92.0 cm³/mol. The molecule has 1 saturated heterocycles. The molecule has 1 aromatic carbocycles. The minimum atomic E-state index is -0.805. The van der Waals surface area contributed by atoms with E-state index in [9.17, 15) is 9.59 Å². The van der Waals surface area contributed by atoms with Gasteiger partial charge >= 0.3 is 0 Å². The van der Waals surface area contributed by atoms with Crippen molar-refractivity contribution < 1.29 is 19.1 Å². The lowest BCUT2D eigenvalue weighted by Crippen LogP contribution is -2.49. The molecule has 0 unspecified atom stereocenters. The first-order chi connectivity index (χ1) is 11.8. The highest BCUT2D eigenvalue weighted by Gasteiger charge is 2.31. The molecular weight excluding hydrogens is 322 g/mol. The lowest BCUT2D eigenvalue weighted by Gasteiger charge is -2.36. The SMILES string of the molecule is CC(C)(CC(=O)N1CCN(Cc2ccc3c(c2)OCO3)CC1)C(N)=O. The number of carbonyl (C=O) groups is 2. The van der Waals surface area contributed by atoms with Crippen molar-refractivity contribution >= 4 is 11.8 Å². The minimum absolute atomic E-state index is 0.00784. The van der Waals surface area contributed by atoms with Crippen molar-refractivity contribution in [3.63, 3.8) is 0 Å². The van der Waals surface area contributed by atoms with E-state index in [1.165, 1.54) is 5.56 Å². The fourth-order valence-electron chi connectivity index (χ4n) is 3.03. The number of benzene rings is 1. The van der Waals surface area contributed by atoms with Gasteiger partial charge in [-0.15, -0.1) is 0 Å². The number of amides is 2. The summed E-state index contributed by atoms with van der Waals surface area (Å²) in [7, 11) is 0. The molecule has 0 radical (unpaired) electrons. The van der Waals surface area contributed by atoms with Crippen molar-refractivity contribution in [3.8, 4) is 11.5 Å². The molecule has 2 aliphatic heterocycles. The molecule has 0 bridgehead atoms. The third-order valence-electron chi connectivity index (χ3n) is 4.83. The maximum absolute atomic E-state index is 12.4. The highest BCUT2D eigenvalue weighted by atomic mass is 16.7. The van der Waals surface area contributed by atoms with Crippen LogP contribution in [-0.4, -0.2) is 54.6 Å². The summed E-state index contributed by atoms with van der Waals surface area (Å²) in [4.78, 5) is 27.9. The fourth-order valence-corrected chi connectivity index (χ4v) is 3.03. The van der Waals surface area contributed by atoms with E-state index in [4.69, 9.17) is 15.2 Å². The molecule has 0 saturated carbocycles. The van der Waals surface area contributed by atoms with Crippen molar-refractivity contribution in [3.05, 3.63) is 23.8 Å². The number of hydrogen-bond donors (Lipinski definition) is 1. The normalized spacial score (nSPS) is 17.6. The van der Waals surface area contributed by atoms with Crippen LogP contribution in [0.1, 0.15) is 25.8 Å². The molecule has 136 valence electrons. The van der Waals surface area contributed by atoms with Crippen LogP contribution in [0.2, 0.25) is 0 Å². The predicted octanol–water partition coefficient (Wildman–Crippen LogP) is 0.961. The van der Waals surface area contributed by atoms with E-state index >= 15 is 0 Å². The van der Waals surface area contributed by atoms with Gasteiger partial charge in [-0.25, -0.2) is 0 Å². The van der Waals surface area contributed by atoms with Gasteiger partial charge in [0.15, 0.2) is 11.5 Å². The second kappa shape index (κ2) is 6.92. The van der Waals surface area contributed by atoms with Gasteiger partial charge in [-0.1, -0.05) is 19.9 Å². The summed E-state index contributed by atoms with van der Waals surface area (Å²) in [6.45, 7) is 7.45. The molecule has 1 fully saturated rings. The number of piperazine rings is 1. The average Bonchev–Trinajstić information content (AvgIpc) is 3.02. The van der Waals surface area contributed by atoms with Crippen LogP contribution in [0.3, 0.4) is 0 Å². The van der Waals surface area contributed by atoms with Crippen LogP contribution in [-0.2, 0) is 16.1 Å². The van der Waals surface area contributed by atoms with Crippen LogP contribution in [0.15, 0.2) is 18.2 Å². The molecule has 2 heterocycles. The monoisotopic (exact) mass is 347 g/mol. The molecule has 0 spiro atoms. The van der Waals surface area contributed by atoms with Gasteiger partial charge in [-0.3, -0.25) is 14.5 Å². The summed E-state index contributed by atoms with van der Waals surface area (Å²) in [6.07, 6.45) is 0.157. The van der Waals surface area contributed by atoms with E-state index < -0.39 is 11.3 Å². The van der Waals surface area contributed by atoms with Gasteiger partial charge in [-0.2, -0.15) is 0 Å². The molecule has 25 heavy (non-hydrogen) atoms. The van der Waals surface area contributed by atoms with Crippen LogP contribution >= 0.6 is 0 Å². The molecule has 2 N–H and O–H groups in total. The zero-order valence-corrected chi connectivity index (χ0v) is 14.8. The van der Waals surface area contributed by atoms with Crippen LogP contribution in [0, 0.1) is 5.41 Å². The van der Waals surface area contributed by atoms with Gasteiger partial charge in [-0.05, 0) is 17.7 Å². The largest absolute Gasteiger partial charge is 0.454 e. The van der Waals surface area contributed by atoms with E-state index in [-0.39, 0.29) is 19.1 Å². The first-order valence-corrected chi connectivity index (χ1v) is 8.54. The Bertz CT molecular complexity index is 666. The van der Waals surface area contributed by atoms with Gasteiger partial charge in [0.1, 0.15) is 0 Å². The van der Waals surface area contributed by atoms with E-state index in [1.807, 2.05) is 23.1 Å². The van der Waals surface area contributed by atoms with Crippen LogP contribution in [0.4, 0.5) is 0 Å². The zero-order chi connectivity index (χ0) is 18.0. The van der Waals surface area contributed by atoms with Gasteiger partial charge in [0.05, 0.1) is 5.41 Å². The number of hydrogen-bond acceptors (Lipinski definition) is 5. The molecule has 1 aromatic rings. The average molecular weight is 347 g/mol. The quantitative estimate of drug-likeness (QED) is 0.858. The Morgan fingerprint density at radius 1 is 1.12 bits per heavy atom. The third kappa shape index (κ3) is 4.04. The number of primary amides is 1. The molecule has 3 rings (SSSR count). The second-order valence-electron chi connectivity index (χ2n) is 7.27. The summed E-state index contributed by atoms with van der Waals surface area (Å²) >= 11 is 0. The van der Waals surface area contributed by atoms with Crippen LogP contribution < -0.4 is 15.2 Å². The van der Waals surface area contributed by atoms with Crippen molar-refractivity contribution in [2.45, 2.75) is 26.8 Å². The summed E-state index contributed by atoms with van der Waals surface area (Å²) in [5.41, 5.74) is 5.72. The van der Waals surface area contributed by atoms with Crippen molar-refractivity contribution in [2.24, 2.45) is 11.1 Å². The van der Waals surface area contributed by atoms with Gasteiger partial charge in [0, 0.05) is 39.1 Å². The van der Waals surface area contributed by atoms with Crippen LogP contribution in [0.5, 0.6) is 11.5 Å².